The summed E-state index contributed by atoms with van der Waals surface area (Å²) in [6, 6.07) is 5.45. The molecule has 2 aromatic rings. The van der Waals surface area contributed by atoms with Gasteiger partial charge in [-0.1, -0.05) is 17.8 Å². The number of aromatic nitrogens is 1. The second kappa shape index (κ2) is 6.55. The molecule has 1 N–H and O–H groups in total. The predicted octanol–water partition coefficient (Wildman–Crippen LogP) is 3.58. The van der Waals surface area contributed by atoms with Crippen molar-refractivity contribution < 1.29 is 14.3 Å². The molecular weight excluding hydrogens is 332 g/mol. The van der Waals surface area contributed by atoms with Gasteiger partial charge in [0.05, 0.1) is 24.2 Å². The van der Waals surface area contributed by atoms with Crippen LogP contribution in [-0.2, 0) is 4.79 Å². The molecule has 1 saturated heterocycles. The molecule has 7 heteroatoms. The Morgan fingerprint density at radius 2 is 2.04 bits per heavy atom. The smallest absolute Gasteiger partial charge is 0.186 e. The molecule has 0 amide bonds. The molecular formula is C16H14N2O3S2. The third-order valence-electron chi connectivity index (χ3n) is 3.39. The summed E-state index contributed by atoms with van der Waals surface area (Å²) >= 11 is 2.58. The van der Waals surface area contributed by atoms with Crippen molar-refractivity contribution in [2.24, 2.45) is 0 Å². The van der Waals surface area contributed by atoms with Crippen LogP contribution >= 0.6 is 23.1 Å². The molecule has 0 bridgehead atoms. The van der Waals surface area contributed by atoms with Crippen molar-refractivity contribution in [3.05, 3.63) is 45.3 Å². The zero-order valence-electron chi connectivity index (χ0n) is 12.5. The lowest BCUT2D eigenvalue weighted by molar-refractivity contribution is -0.114. The number of benzene rings is 1. The van der Waals surface area contributed by atoms with E-state index in [9.17, 15) is 4.79 Å². The number of allylic oxidation sites excluding steroid dienone is 1. The van der Waals surface area contributed by atoms with E-state index in [1.54, 1.807) is 38.6 Å². The first kappa shape index (κ1) is 15.8. The lowest BCUT2D eigenvalue weighted by Crippen LogP contribution is -2.11. The highest BCUT2D eigenvalue weighted by molar-refractivity contribution is 8.19. The predicted molar refractivity (Wildman–Crippen MR) is 92.7 cm³/mol. The molecule has 23 heavy (non-hydrogen) atoms. The summed E-state index contributed by atoms with van der Waals surface area (Å²) in [6.45, 7) is 0. The molecule has 1 unspecified atom stereocenters. The van der Waals surface area contributed by atoms with Crippen molar-refractivity contribution in [2.75, 3.05) is 14.2 Å². The molecule has 5 nitrogen and oxygen atoms in total. The van der Waals surface area contributed by atoms with Crippen LogP contribution in [0.2, 0.25) is 0 Å². The number of rotatable bonds is 4. The maximum Gasteiger partial charge on any atom is 0.186 e. The van der Waals surface area contributed by atoms with Crippen LogP contribution in [0.1, 0.15) is 16.5 Å². The number of thioether (sulfide) groups is 1. The van der Waals surface area contributed by atoms with Crippen LogP contribution in [0.5, 0.6) is 11.5 Å². The van der Waals surface area contributed by atoms with E-state index in [1.807, 2.05) is 11.4 Å². The van der Waals surface area contributed by atoms with E-state index in [1.165, 1.54) is 23.1 Å². The Morgan fingerprint density at radius 3 is 2.70 bits per heavy atom. The number of thiazole rings is 1. The van der Waals surface area contributed by atoms with Gasteiger partial charge in [-0.3, -0.25) is 10.2 Å². The molecule has 0 radical (unpaired) electrons. The van der Waals surface area contributed by atoms with Gasteiger partial charge in [-0.25, -0.2) is 4.98 Å². The fourth-order valence-electron chi connectivity index (χ4n) is 2.28. The van der Waals surface area contributed by atoms with E-state index in [0.717, 1.165) is 5.56 Å². The standard InChI is InChI=1S/C16H14N2O3S2/c1-20-10-4-3-9(7-11(10)21-2)8-12-14(19)13(15(17)23-12)16-18-5-6-22-16/h3-8,13,17H,1-2H3. The molecule has 118 valence electrons. The second-order valence-electron chi connectivity index (χ2n) is 4.76. The Morgan fingerprint density at radius 1 is 1.26 bits per heavy atom. The van der Waals surface area contributed by atoms with E-state index in [-0.39, 0.29) is 5.78 Å². The third-order valence-corrected chi connectivity index (χ3v) is 5.23. The Labute approximate surface area is 141 Å². The number of Topliss-reactive ketones (excluding diaryl/α,β-unsaturated/α-hetero) is 1. The summed E-state index contributed by atoms with van der Waals surface area (Å²) in [7, 11) is 3.14. The van der Waals surface area contributed by atoms with E-state index >= 15 is 0 Å². The van der Waals surface area contributed by atoms with E-state index in [2.05, 4.69) is 4.98 Å². The van der Waals surface area contributed by atoms with Crippen molar-refractivity contribution in [1.82, 2.24) is 4.98 Å². The number of nitrogens with one attached hydrogen (secondary N) is 1. The van der Waals surface area contributed by atoms with Crippen LogP contribution in [0, 0.1) is 5.41 Å². The molecule has 1 aliphatic rings. The van der Waals surface area contributed by atoms with Crippen molar-refractivity contribution in [2.45, 2.75) is 5.92 Å². The summed E-state index contributed by atoms with van der Waals surface area (Å²) in [4.78, 5) is 17.3. The number of ether oxygens (including phenoxy) is 2. The van der Waals surface area contributed by atoms with Crippen LogP contribution in [0.15, 0.2) is 34.7 Å². The molecule has 2 heterocycles. The molecule has 3 rings (SSSR count). The number of nitrogens with zero attached hydrogens (tertiary/aromatic N) is 1. The SMILES string of the molecule is COc1ccc(C=C2SC(=N)C(c3nccs3)C2=O)cc1OC. The second-order valence-corrected chi connectivity index (χ2v) is 6.77. The highest BCUT2D eigenvalue weighted by Gasteiger charge is 2.38. The Kier molecular flexibility index (Phi) is 4.49. The monoisotopic (exact) mass is 346 g/mol. The van der Waals surface area contributed by atoms with Crippen LogP contribution in [0.3, 0.4) is 0 Å². The van der Waals surface area contributed by atoms with Gasteiger partial charge in [0.2, 0.25) is 0 Å². The number of methoxy groups -OCH3 is 2. The van der Waals surface area contributed by atoms with E-state index in [0.29, 0.717) is 26.5 Å². The maximum absolute atomic E-state index is 12.6. The largest absolute Gasteiger partial charge is 0.493 e. The summed E-state index contributed by atoms with van der Waals surface area (Å²) in [5.41, 5.74) is 0.825. The van der Waals surface area contributed by atoms with Gasteiger partial charge in [-0.05, 0) is 23.8 Å². The van der Waals surface area contributed by atoms with Crippen LogP contribution < -0.4 is 9.47 Å². The van der Waals surface area contributed by atoms with Crippen LogP contribution in [0.4, 0.5) is 0 Å². The Bertz CT molecular complexity index is 785. The van der Waals surface area contributed by atoms with Crippen molar-refractivity contribution in [1.29, 1.82) is 5.41 Å². The molecule has 1 atom stereocenters. The topological polar surface area (TPSA) is 72.3 Å². The minimum Gasteiger partial charge on any atom is -0.493 e. The first-order valence-electron chi connectivity index (χ1n) is 6.77. The zero-order valence-corrected chi connectivity index (χ0v) is 14.2. The number of carbonyl (C=O) groups is 1. The third kappa shape index (κ3) is 3.02. The molecule has 1 aliphatic heterocycles. The van der Waals surface area contributed by atoms with Crippen LogP contribution in [-0.4, -0.2) is 30.0 Å². The fraction of sp³-hybridized carbons (Fsp3) is 0.188. The van der Waals surface area contributed by atoms with Gasteiger partial charge in [0, 0.05) is 11.6 Å². The van der Waals surface area contributed by atoms with Gasteiger partial charge in [-0.15, -0.1) is 11.3 Å². The lowest BCUT2D eigenvalue weighted by atomic mass is 10.0. The van der Waals surface area contributed by atoms with Gasteiger partial charge in [-0.2, -0.15) is 0 Å². The van der Waals surface area contributed by atoms with E-state index in [4.69, 9.17) is 14.9 Å². The first-order valence-corrected chi connectivity index (χ1v) is 8.47. The zero-order chi connectivity index (χ0) is 16.4. The lowest BCUT2D eigenvalue weighted by Gasteiger charge is -2.08. The van der Waals surface area contributed by atoms with Gasteiger partial charge >= 0.3 is 0 Å². The Balaban J connectivity index is 1.92. The normalized spacial score (nSPS) is 19.4. The van der Waals surface area contributed by atoms with Gasteiger partial charge in [0.1, 0.15) is 10.9 Å². The number of ketones is 1. The fourth-order valence-corrected chi connectivity index (χ4v) is 4.09. The average molecular weight is 346 g/mol. The van der Waals surface area contributed by atoms with E-state index < -0.39 is 5.92 Å². The Hall–Kier alpha value is -2.12. The van der Waals surface area contributed by atoms with Crippen LogP contribution in [0.25, 0.3) is 6.08 Å². The first-order chi connectivity index (χ1) is 11.1. The van der Waals surface area contributed by atoms with Crippen molar-refractivity contribution in [3.63, 3.8) is 0 Å². The van der Waals surface area contributed by atoms with Gasteiger partial charge < -0.3 is 9.47 Å². The minimum atomic E-state index is -0.564. The molecule has 0 spiro atoms. The van der Waals surface area contributed by atoms with Crippen molar-refractivity contribution >= 4 is 40.0 Å². The molecule has 1 aromatic heterocycles. The number of hydrogen-bond donors (Lipinski definition) is 1. The molecule has 0 aliphatic carbocycles. The molecule has 1 aromatic carbocycles. The molecule has 1 fully saturated rings. The van der Waals surface area contributed by atoms with Gasteiger partial charge in [0.15, 0.2) is 17.3 Å². The highest BCUT2D eigenvalue weighted by atomic mass is 32.2. The molecule has 0 saturated carbocycles. The summed E-state index contributed by atoms with van der Waals surface area (Å²) in [5.74, 6) is 0.591. The number of hydrogen-bond acceptors (Lipinski definition) is 7. The average Bonchev–Trinajstić information content (AvgIpc) is 3.16. The summed E-state index contributed by atoms with van der Waals surface area (Å²) in [5, 5.41) is 10.9. The summed E-state index contributed by atoms with van der Waals surface area (Å²) < 4.78 is 10.5. The minimum absolute atomic E-state index is 0.0789. The summed E-state index contributed by atoms with van der Waals surface area (Å²) in [6.07, 6.45) is 3.43. The van der Waals surface area contributed by atoms with Gasteiger partial charge in [0.25, 0.3) is 0 Å². The maximum atomic E-state index is 12.6. The quantitative estimate of drug-likeness (QED) is 0.857. The number of carbonyl (C=O) groups excluding carboxylic acids is 1. The van der Waals surface area contributed by atoms with Crippen molar-refractivity contribution in [3.8, 4) is 11.5 Å². The highest BCUT2D eigenvalue weighted by Crippen LogP contribution is 2.41.